The van der Waals surface area contributed by atoms with E-state index in [4.69, 9.17) is 5.73 Å². The standard InChI is InChI=1S/C15H32N2O/c1-5-7-8-9-10-11-12-13(15(16)18)14(6-2)17(3)4/h13-14H,5-12H2,1-4H3,(H2,16,18). The fraction of sp³-hybridized carbons (Fsp3) is 0.933. The maximum Gasteiger partial charge on any atom is 0.222 e. The molecule has 2 N–H and O–H groups in total. The van der Waals surface area contributed by atoms with Gasteiger partial charge in [0.05, 0.1) is 5.92 Å². The molecule has 0 aromatic heterocycles. The second-order valence-electron chi connectivity index (χ2n) is 5.50. The molecule has 0 bridgehead atoms. The summed E-state index contributed by atoms with van der Waals surface area (Å²) in [5, 5.41) is 0. The molecule has 0 radical (unpaired) electrons. The van der Waals surface area contributed by atoms with E-state index in [1.807, 2.05) is 14.1 Å². The number of nitrogens with zero attached hydrogens (tertiary/aromatic N) is 1. The smallest absolute Gasteiger partial charge is 0.222 e. The summed E-state index contributed by atoms with van der Waals surface area (Å²) in [7, 11) is 4.07. The number of unbranched alkanes of at least 4 members (excludes halogenated alkanes) is 5. The largest absolute Gasteiger partial charge is 0.369 e. The number of carbonyl (C=O) groups excluding carboxylic acids is 1. The van der Waals surface area contributed by atoms with Gasteiger partial charge in [0.25, 0.3) is 0 Å². The zero-order chi connectivity index (χ0) is 14.0. The monoisotopic (exact) mass is 256 g/mol. The van der Waals surface area contributed by atoms with Crippen molar-refractivity contribution < 1.29 is 4.79 Å². The Hall–Kier alpha value is -0.570. The molecule has 0 aliphatic carbocycles. The second-order valence-corrected chi connectivity index (χ2v) is 5.50. The van der Waals surface area contributed by atoms with Crippen LogP contribution in [0.3, 0.4) is 0 Å². The first-order valence-corrected chi connectivity index (χ1v) is 7.50. The van der Waals surface area contributed by atoms with Crippen LogP contribution in [0.2, 0.25) is 0 Å². The molecular weight excluding hydrogens is 224 g/mol. The van der Waals surface area contributed by atoms with Crippen LogP contribution in [0.25, 0.3) is 0 Å². The number of hydrogen-bond donors (Lipinski definition) is 1. The quantitative estimate of drug-likeness (QED) is 0.577. The van der Waals surface area contributed by atoms with E-state index in [0.29, 0.717) is 0 Å². The van der Waals surface area contributed by atoms with Crippen LogP contribution in [-0.4, -0.2) is 30.9 Å². The summed E-state index contributed by atoms with van der Waals surface area (Å²) in [6, 6.07) is 0.290. The minimum Gasteiger partial charge on any atom is -0.369 e. The van der Waals surface area contributed by atoms with Gasteiger partial charge in [-0.05, 0) is 26.9 Å². The number of primary amides is 1. The number of carbonyl (C=O) groups is 1. The average molecular weight is 256 g/mol. The first-order chi connectivity index (χ1) is 8.54. The van der Waals surface area contributed by atoms with Gasteiger partial charge in [0, 0.05) is 6.04 Å². The summed E-state index contributed by atoms with van der Waals surface area (Å²) in [6.07, 6.45) is 9.50. The van der Waals surface area contributed by atoms with Gasteiger partial charge in [-0.2, -0.15) is 0 Å². The molecule has 0 aromatic rings. The van der Waals surface area contributed by atoms with Crippen LogP contribution in [0.15, 0.2) is 0 Å². The van der Waals surface area contributed by atoms with Crippen molar-refractivity contribution in [2.24, 2.45) is 11.7 Å². The molecule has 0 saturated carbocycles. The number of amides is 1. The van der Waals surface area contributed by atoms with Crippen molar-refractivity contribution in [3.05, 3.63) is 0 Å². The van der Waals surface area contributed by atoms with E-state index < -0.39 is 0 Å². The lowest BCUT2D eigenvalue weighted by Crippen LogP contribution is -2.41. The van der Waals surface area contributed by atoms with Crippen LogP contribution in [0.4, 0.5) is 0 Å². The molecule has 0 aromatic carbocycles. The summed E-state index contributed by atoms with van der Waals surface area (Å²) in [4.78, 5) is 13.7. The molecular formula is C15H32N2O. The first kappa shape index (κ1) is 17.4. The highest BCUT2D eigenvalue weighted by molar-refractivity contribution is 5.77. The number of nitrogens with two attached hydrogens (primary N) is 1. The average Bonchev–Trinajstić information content (AvgIpc) is 2.31. The molecule has 18 heavy (non-hydrogen) atoms. The van der Waals surface area contributed by atoms with Crippen molar-refractivity contribution in [2.75, 3.05) is 14.1 Å². The van der Waals surface area contributed by atoms with E-state index >= 15 is 0 Å². The lowest BCUT2D eigenvalue weighted by molar-refractivity contribution is -0.124. The third-order valence-corrected chi connectivity index (χ3v) is 3.78. The van der Waals surface area contributed by atoms with Crippen LogP contribution in [0.5, 0.6) is 0 Å². The normalized spacial score (nSPS) is 14.7. The van der Waals surface area contributed by atoms with Crippen molar-refractivity contribution in [3.8, 4) is 0 Å². The molecule has 3 nitrogen and oxygen atoms in total. The SMILES string of the molecule is CCCCCCCCC(C(N)=O)C(CC)N(C)C. The molecule has 0 spiro atoms. The Morgan fingerprint density at radius 1 is 1.06 bits per heavy atom. The third kappa shape index (κ3) is 7.00. The van der Waals surface area contributed by atoms with Gasteiger partial charge in [-0.3, -0.25) is 4.79 Å². The van der Waals surface area contributed by atoms with Crippen LogP contribution in [0, 0.1) is 5.92 Å². The minimum atomic E-state index is -0.135. The lowest BCUT2D eigenvalue weighted by atomic mass is 9.90. The molecule has 108 valence electrons. The predicted molar refractivity (Wildman–Crippen MR) is 78.4 cm³/mol. The molecule has 0 rings (SSSR count). The Morgan fingerprint density at radius 3 is 2.06 bits per heavy atom. The van der Waals surface area contributed by atoms with Gasteiger partial charge in [-0.15, -0.1) is 0 Å². The first-order valence-electron chi connectivity index (χ1n) is 7.50. The zero-order valence-corrected chi connectivity index (χ0v) is 12.7. The van der Waals surface area contributed by atoms with E-state index in [-0.39, 0.29) is 17.9 Å². The van der Waals surface area contributed by atoms with Gasteiger partial charge in [-0.25, -0.2) is 0 Å². The molecule has 3 heteroatoms. The van der Waals surface area contributed by atoms with Crippen LogP contribution in [0.1, 0.15) is 65.2 Å². The summed E-state index contributed by atoms with van der Waals surface area (Å²) in [6.45, 7) is 4.36. The van der Waals surface area contributed by atoms with E-state index in [2.05, 4.69) is 18.7 Å². The maximum absolute atomic E-state index is 11.6. The van der Waals surface area contributed by atoms with Gasteiger partial charge in [-0.1, -0.05) is 52.4 Å². The zero-order valence-electron chi connectivity index (χ0n) is 12.7. The topological polar surface area (TPSA) is 46.3 Å². The Morgan fingerprint density at radius 2 is 1.61 bits per heavy atom. The third-order valence-electron chi connectivity index (χ3n) is 3.78. The summed E-state index contributed by atoms with van der Waals surface area (Å²) >= 11 is 0. The summed E-state index contributed by atoms with van der Waals surface area (Å²) < 4.78 is 0. The Bertz CT molecular complexity index is 217. The minimum absolute atomic E-state index is 0.0103. The van der Waals surface area contributed by atoms with E-state index in [1.54, 1.807) is 0 Å². The van der Waals surface area contributed by atoms with Gasteiger partial charge >= 0.3 is 0 Å². The molecule has 0 aliphatic heterocycles. The Labute approximate surface area is 113 Å². The summed E-state index contributed by atoms with van der Waals surface area (Å²) in [5.41, 5.74) is 5.55. The maximum atomic E-state index is 11.6. The molecule has 0 saturated heterocycles. The van der Waals surface area contributed by atoms with Crippen molar-refractivity contribution in [1.29, 1.82) is 0 Å². The predicted octanol–water partition coefficient (Wildman–Crippen LogP) is 3.18. The number of rotatable bonds is 11. The molecule has 2 atom stereocenters. The Balaban J connectivity index is 4.01. The highest BCUT2D eigenvalue weighted by Crippen LogP contribution is 2.20. The summed E-state index contributed by atoms with van der Waals surface area (Å²) in [5.74, 6) is -0.125. The van der Waals surface area contributed by atoms with Gasteiger partial charge < -0.3 is 10.6 Å². The van der Waals surface area contributed by atoms with Crippen molar-refractivity contribution in [1.82, 2.24) is 4.90 Å². The second kappa shape index (κ2) is 10.4. The van der Waals surface area contributed by atoms with E-state index in [9.17, 15) is 4.79 Å². The van der Waals surface area contributed by atoms with Crippen LogP contribution in [-0.2, 0) is 4.79 Å². The van der Waals surface area contributed by atoms with Crippen molar-refractivity contribution >= 4 is 5.91 Å². The fourth-order valence-corrected chi connectivity index (χ4v) is 2.68. The Kier molecular flexibility index (Phi) is 10.0. The number of hydrogen-bond acceptors (Lipinski definition) is 2. The molecule has 1 amide bonds. The van der Waals surface area contributed by atoms with Crippen molar-refractivity contribution in [3.63, 3.8) is 0 Å². The molecule has 0 heterocycles. The van der Waals surface area contributed by atoms with Crippen LogP contribution >= 0.6 is 0 Å². The lowest BCUT2D eigenvalue weighted by Gasteiger charge is -2.29. The van der Waals surface area contributed by atoms with Crippen LogP contribution < -0.4 is 5.73 Å². The van der Waals surface area contributed by atoms with E-state index in [1.165, 1.54) is 32.1 Å². The van der Waals surface area contributed by atoms with Crippen molar-refractivity contribution in [2.45, 2.75) is 71.3 Å². The van der Waals surface area contributed by atoms with E-state index in [0.717, 1.165) is 19.3 Å². The highest BCUT2D eigenvalue weighted by atomic mass is 16.1. The van der Waals surface area contributed by atoms with Gasteiger partial charge in [0.15, 0.2) is 0 Å². The fourth-order valence-electron chi connectivity index (χ4n) is 2.68. The highest BCUT2D eigenvalue weighted by Gasteiger charge is 2.26. The molecule has 2 unspecified atom stereocenters. The molecule has 0 fully saturated rings. The van der Waals surface area contributed by atoms with Gasteiger partial charge in [0.1, 0.15) is 0 Å². The van der Waals surface area contributed by atoms with Gasteiger partial charge in [0.2, 0.25) is 5.91 Å². The molecule has 0 aliphatic rings.